The van der Waals surface area contributed by atoms with Gasteiger partial charge in [0.1, 0.15) is 53.2 Å². The van der Waals surface area contributed by atoms with Gasteiger partial charge in [-0.1, -0.05) is 72.8 Å². The molecule has 6 aromatic rings. The Balaban J connectivity index is 0.000000279. The Morgan fingerprint density at radius 3 is 0.963 bits per heavy atom. The second kappa shape index (κ2) is 41.1. The first-order valence-corrected chi connectivity index (χ1v) is 28.7. The summed E-state index contributed by atoms with van der Waals surface area (Å²) >= 11 is 10.9. The molecule has 2 saturated heterocycles. The van der Waals surface area contributed by atoms with Gasteiger partial charge in [0, 0.05) is 83.9 Å². The monoisotopic (exact) mass is 1180 g/mol. The second-order valence-corrected chi connectivity index (χ2v) is 19.6. The summed E-state index contributed by atoms with van der Waals surface area (Å²) in [6.45, 7) is 11.4. The van der Waals surface area contributed by atoms with Crippen LogP contribution in [0.15, 0.2) is 146 Å². The summed E-state index contributed by atoms with van der Waals surface area (Å²) in [5.74, 6) is -0.574. The number of halogens is 8. The lowest BCUT2D eigenvalue weighted by molar-refractivity contribution is 0.0749. The van der Waals surface area contributed by atoms with E-state index >= 15 is 0 Å². The lowest BCUT2D eigenvalue weighted by Crippen LogP contribution is -2.43. The van der Waals surface area contributed by atoms with Crippen LogP contribution < -0.4 is 16.0 Å². The Labute approximate surface area is 477 Å². The van der Waals surface area contributed by atoms with Crippen molar-refractivity contribution in [1.29, 1.82) is 0 Å². The van der Waals surface area contributed by atoms with Gasteiger partial charge in [-0.15, -0.1) is 23.2 Å². The fraction of sp³-hybridized carbons (Fsp3) is 0.390. The van der Waals surface area contributed by atoms with Crippen LogP contribution in [0.1, 0.15) is 90.2 Å². The van der Waals surface area contributed by atoms with Gasteiger partial charge in [0.15, 0.2) is 0 Å². The lowest BCUT2D eigenvalue weighted by atomic mass is 10.0. The van der Waals surface area contributed by atoms with Crippen molar-refractivity contribution in [3.05, 3.63) is 214 Å². The molecule has 0 bridgehead atoms. The number of piperazine rings is 2. The summed E-state index contributed by atoms with van der Waals surface area (Å²) in [5, 5.41) is 27.9. The number of ether oxygens (including phenoxy) is 2. The average Bonchev–Trinajstić information content (AvgIpc) is 3.46. The molecule has 0 aliphatic carbocycles. The topological polar surface area (TPSA) is 173 Å². The van der Waals surface area contributed by atoms with Gasteiger partial charge in [-0.3, -0.25) is 9.11 Å². The molecular formula is C59H74Cl2F6N4O8S. The minimum atomic E-state index is -4.67. The Morgan fingerprint density at radius 2 is 0.700 bits per heavy atom. The van der Waals surface area contributed by atoms with Crippen LogP contribution in [0.5, 0.6) is 0 Å². The fourth-order valence-corrected chi connectivity index (χ4v) is 7.96. The minimum absolute atomic E-state index is 0.271. The van der Waals surface area contributed by atoms with Gasteiger partial charge >= 0.3 is 10.4 Å². The van der Waals surface area contributed by atoms with Gasteiger partial charge in [-0.2, -0.15) is 8.42 Å². The van der Waals surface area contributed by atoms with Crippen LogP contribution in [0.2, 0.25) is 0 Å². The summed E-state index contributed by atoms with van der Waals surface area (Å²) in [6, 6.07) is 36.1. The highest BCUT2D eigenvalue weighted by molar-refractivity contribution is 7.79. The Morgan fingerprint density at radius 1 is 0.438 bits per heavy atom. The number of nitrogens with zero attached hydrogens (tertiary/aromatic N) is 1. The predicted octanol–water partition coefficient (Wildman–Crippen LogP) is 11.4. The van der Waals surface area contributed by atoms with Gasteiger partial charge in [0.05, 0.1) is 0 Å². The van der Waals surface area contributed by atoms with E-state index in [1.165, 1.54) is 97.1 Å². The van der Waals surface area contributed by atoms with E-state index in [0.717, 1.165) is 120 Å². The summed E-state index contributed by atoms with van der Waals surface area (Å²) in [4.78, 5) is 2.47. The molecule has 0 unspecified atom stereocenters. The fourth-order valence-electron chi connectivity index (χ4n) is 7.58. The maximum atomic E-state index is 13.2. The van der Waals surface area contributed by atoms with E-state index in [4.69, 9.17) is 55.3 Å². The molecule has 0 aromatic heterocycles. The van der Waals surface area contributed by atoms with Crippen molar-refractivity contribution in [3.63, 3.8) is 0 Å². The zero-order valence-electron chi connectivity index (χ0n) is 44.5. The first-order valence-electron chi connectivity index (χ1n) is 26.2. The summed E-state index contributed by atoms with van der Waals surface area (Å²) in [7, 11) is -4.67. The maximum Gasteiger partial charge on any atom is 0.394 e. The molecule has 2 fully saturated rings. The molecule has 80 heavy (non-hydrogen) atoms. The first-order chi connectivity index (χ1) is 38.5. The van der Waals surface area contributed by atoms with Crippen molar-refractivity contribution in [1.82, 2.24) is 20.9 Å². The van der Waals surface area contributed by atoms with E-state index in [9.17, 15) is 31.4 Å². The highest BCUT2D eigenvalue weighted by Gasteiger charge is 2.17. The smallest absolute Gasteiger partial charge is 0.394 e. The van der Waals surface area contributed by atoms with E-state index in [2.05, 4.69) is 20.9 Å². The number of aliphatic hydroxyl groups excluding tert-OH is 2. The van der Waals surface area contributed by atoms with Crippen LogP contribution in [0.25, 0.3) is 0 Å². The van der Waals surface area contributed by atoms with E-state index in [1.54, 1.807) is 48.5 Å². The molecule has 2 heterocycles. The van der Waals surface area contributed by atoms with Crippen LogP contribution in [0.4, 0.5) is 26.3 Å². The summed E-state index contributed by atoms with van der Waals surface area (Å²) in [6.07, 6.45) is 4.03. The Bertz CT molecular complexity index is 2450. The number of rotatable bonds is 20. The molecule has 2 aliphatic rings. The molecule has 440 valence electrons. The SMILES string of the molecule is C1CNCCN1.Fc1ccc(C(OCCCCCl)c2ccc(F)cc2)cc1.Fc1ccc(C(OCCCCN2CCNCC2)c2ccc(F)cc2)cc1.O=S(=O)(O)O.OC(c1ccc(F)cc1)c1ccc(F)cc1.OCCCCCl. The Kier molecular flexibility index (Phi) is 35.6. The molecule has 0 saturated carbocycles. The molecule has 0 radical (unpaired) electrons. The minimum Gasteiger partial charge on any atom is -0.396 e. The Hall–Kier alpha value is -4.97. The molecule has 0 spiro atoms. The second-order valence-electron chi connectivity index (χ2n) is 18.0. The lowest BCUT2D eigenvalue weighted by Gasteiger charge is -2.27. The number of alkyl halides is 2. The van der Waals surface area contributed by atoms with Crippen molar-refractivity contribution in [2.45, 2.75) is 56.8 Å². The molecule has 0 atom stereocenters. The van der Waals surface area contributed by atoms with Crippen molar-refractivity contribution in [2.24, 2.45) is 0 Å². The average molecular weight is 1180 g/mol. The van der Waals surface area contributed by atoms with Crippen LogP contribution in [0, 0.1) is 34.9 Å². The van der Waals surface area contributed by atoms with Crippen LogP contribution in [-0.2, 0) is 19.9 Å². The molecule has 6 aromatic carbocycles. The van der Waals surface area contributed by atoms with Gasteiger partial charge in [-0.25, -0.2) is 26.3 Å². The standard InChI is InChI=1S/C21H26F2N2O.C17H17ClF2O.C13H10F2O.C4H9ClO.C4H10N2.H2O4S/c22-19-7-3-17(4-8-19)21(18-5-9-20(23)10-6-18)26-16-2-1-13-25-14-11-24-12-15-25;18-11-1-2-12-21-17(13-3-7-15(19)8-4-13)14-5-9-16(20)10-6-14;14-11-5-1-9(2-6-11)13(16)10-3-7-12(15)8-4-10;5-3-1-2-4-6;1-2-6-4-3-5-1;1-5(2,3)4/h3-10,21,24H,1-2,11-16H2;3-10,17H,1-2,11-12H2;1-8,13,16H;6H,1-4H2;5-6H,1-4H2;(H2,1,2,3,4). The summed E-state index contributed by atoms with van der Waals surface area (Å²) in [5.41, 5.74) is 4.59. The number of nitrogens with one attached hydrogen (secondary N) is 3. The number of benzene rings is 6. The zero-order chi connectivity index (χ0) is 58.4. The van der Waals surface area contributed by atoms with E-state index in [-0.39, 0.29) is 53.7 Å². The molecule has 7 N–H and O–H groups in total. The molecule has 2 aliphatic heterocycles. The largest absolute Gasteiger partial charge is 0.396 e. The molecule has 0 amide bonds. The molecular weight excluding hydrogens is 1110 g/mol. The van der Waals surface area contributed by atoms with Crippen molar-refractivity contribution < 1.29 is 63.6 Å². The predicted molar refractivity (Wildman–Crippen MR) is 304 cm³/mol. The quantitative estimate of drug-likeness (QED) is 0.0167. The van der Waals surface area contributed by atoms with Gasteiger partial charge < -0.3 is 40.5 Å². The van der Waals surface area contributed by atoms with Crippen LogP contribution in [-0.4, -0.2) is 123 Å². The number of hydrogen-bond acceptors (Lipinski definition) is 10. The summed E-state index contributed by atoms with van der Waals surface area (Å²) < 4.78 is 122. The van der Waals surface area contributed by atoms with Gasteiger partial charge in [0.2, 0.25) is 0 Å². The van der Waals surface area contributed by atoms with E-state index in [0.29, 0.717) is 36.1 Å². The number of aliphatic hydroxyl groups is 2. The van der Waals surface area contributed by atoms with Crippen LogP contribution in [0.3, 0.4) is 0 Å². The third-order valence-corrected chi connectivity index (χ3v) is 12.3. The zero-order valence-corrected chi connectivity index (χ0v) is 46.9. The maximum absolute atomic E-state index is 13.2. The molecule has 21 heteroatoms. The van der Waals surface area contributed by atoms with E-state index in [1.807, 2.05) is 0 Å². The number of unbranched alkanes of at least 4 members (excludes halogenated alkanes) is 3. The third-order valence-electron chi connectivity index (χ3n) is 11.7. The normalized spacial score (nSPS) is 13.3. The van der Waals surface area contributed by atoms with Crippen molar-refractivity contribution >= 4 is 33.6 Å². The van der Waals surface area contributed by atoms with Crippen LogP contribution >= 0.6 is 23.2 Å². The third kappa shape index (κ3) is 31.3. The highest BCUT2D eigenvalue weighted by Crippen LogP contribution is 2.29. The molecule has 8 rings (SSSR count). The van der Waals surface area contributed by atoms with Gasteiger partial charge in [0.25, 0.3) is 0 Å². The number of hydrogen-bond donors (Lipinski definition) is 7. The highest BCUT2D eigenvalue weighted by atomic mass is 35.5. The van der Waals surface area contributed by atoms with E-state index < -0.39 is 16.5 Å². The van der Waals surface area contributed by atoms with Gasteiger partial charge in [-0.05, 0) is 151 Å². The molecule has 12 nitrogen and oxygen atoms in total. The van der Waals surface area contributed by atoms with Crippen molar-refractivity contribution in [3.8, 4) is 0 Å². The first kappa shape index (κ1) is 69.3. The van der Waals surface area contributed by atoms with Crippen molar-refractivity contribution in [2.75, 3.05) is 90.5 Å².